The van der Waals surface area contributed by atoms with Crippen LogP contribution in [0.5, 0.6) is 0 Å². The highest BCUT2D eigenvalue weighted by atomic mass is 32.1. The van der Waals surface area contributed by atoms with E-state index in [0.29, 0.717) is 10.6 Å². The average Bonchev–Trinajstić information content (AvgIpc) is 2.96. The highest BCUT2D eigenvalue weighted by molar-refractivity contribution is 7.16. The fourth-order valence-electron chi connectivity index (χ4n) is 5.15. The van der Waals surface area contributed by atoms with Crippen molar-refractivity contribution in [2.75, 3.05) is 18.5 Å². The van der Waals surface area contributed by atoms with Crippen molar-refractivity contribution < 1.29 is 19.1 Å². The van der Waals surface area contributed by atoms with Crippen LogP contribution in [0, 0.1) is 24.7 Å². The van der Waals surface area contributed by atoms with E-state index in [2.05, 4.69) is 26.1 Å². The van der Waals surface area contributed by atoms with E-state index in [1.807, 2.05) is 18.7 Å². The smallest absolute Gasteiger partial charge is 0.341 e. The zero-order chi connectivity index (χ0) is 20.9. The quantitative estimate of drug-likeness (QED) is 0.769. The largest absolute Gasteiger partial charge is 0.452 e. The number of carbonyl (C=O) groups excluding carboxylic acids is 3. The first-order valence-corrected chi connectivity index (χ1v) is 10.6. The summed E-state index contributed by atoms with van der Waals surface area (Å²) in [5.41, 5.74) is 1.49. The number of hydrogen-bond acceptors (Lipinski definition) is 5. The molecule has 1 N–H and O–H groups in total. The second-order valence-electron chi connectivity index (χ2n) is 9.48. The Labute approximate surface area is 170 Å². The molecule has 1 saturated heterocycles. The third-order valence-electron chi connectivity index (χ3n) is 5.94. The van der Waals surface area contributed by atoms with E-state index in [9.17, 15) is 14.4 Å². The van der Waals surface area contributed by atoms with Crippen LogP contribution in [0.3, 0.4) is 0 Å². The third kappa shape index (κ3) is 4.09. The summed E-state index contributed by atoms with van der Waals surface area (Å²) in [5, 5.41) is 3.16. The molecule has 1 aromatic rings. The summed E-state index contributed by atoms with van der Waals surface area (Å²) in [4.78, 5) is 39.7. The van der Waals surface area contributed by atoms with Gasteiger partial charge in [-0.05, 0) is 49.5 Å². The van der Waals surface area contributed by atoms with Gasteiger partial charge in [0.05, 0.1) is 5.56 Å². The van der Waals surface area contributed by atoms with E-state index >= 15 is 0 Å². The molecule has 154 valence electrons. The predicted molar refractivity (Wildman–Crippen MR) is 110 cm³/mol. The van der Waals surface area contributed by atoms with Crippen molar-refractivity contribution in [3.63, 3.8) is 0 Å². The number of nitrogens with one attached hydrogen (secondary N) is 1. The van der Waals surface area contributed by atoms with Crippen molar-refractivity contribution in [2.45, 2.75) is 66.8 Å². The molecular formula is C21H30N2O4S. The molecule has 1 aromatic heterocycles. The standard InChI is InChI=1S/C21H30N2O4S/c1-12-13(2)28-18(22-14(3)24)17(12)19(26)27-9-16(25)23-11-21(6)8-15(23)7-20(4,5)10-21/h15H,7-11H2,1-6H3,(H,22,24)/t15-,21-/m1/s1. The molecule has 6 nitrogen and oxygen atoms in total. The van der Waals surface area contributed by atoms with Gasteiger partial charge in [0.2, 0.25) is 5.91 Å². The Hall–Kier alpha value is -1.89. The van der Waals surface area contributed by atoms with Gasteiger partial charge in [0.25, 0.3) is 5.91 Å². The Morgan fingerprint density at radius 1 is 1.21 bits per heavy atom. The van der Waals surface area contributed by atoms with E-state index in [0.717, 1.165) is 36.2 Å². The summed E-state index contributed by atoms with van der Waals surface area (Å²) in [6.45, 7) is 12.3. The molecule has 2 amide bonds. The number of hydrogen-bond donors (Lipinski definition) is 1. The Bertz CT molecular complexity index is 829. The molecule has 7 heteroatoms. The highest BCUT2D eigenvalue weighted by Crippen LogP contribution is 2.52. The highest BCUT2D eigenvalue weighted by Gasteiger charge is 2.50. The van der Waals surface area contributed by atoms with Crippen LogP contribution in [-0.4, -0.2) is 41.9 Å². The molecule has 0 spiro atoms. The number of nitrogens with zero attached hydrogens (tertiary/aromatic N) is 1. The lowest BCUT2D eigenvalue weighted by Crippen LogP contribution is -2.39. The number of ether oxygens (including phenoxy) is 1. The molecule has 1 aliphatic carbocycles. The Morgan fingerprint density at radius 3 is 2.54 bits per heavy atom. The summed E-state index contributed by atoms with van der Waals surface area (Å²) in [6, 6.07) is 0.222. The van der Waals surface area contributed by atoms with Gasteiger partial charge in [-0.3, -0.25) is 9.59 Å². The minimum atomic E-state index is -0.562. The number of anilines is 1. The summed E-state index contributed by atoms with van der Waals surface area (Å²) >= 11 is 1.34. The summed E-state index contributed by atoms with van der Waals surface area (Å²) < 4.78 is 5.38. The number of esters is 1. The van der Waals surface area contributed by atoms with Gasteiger partial charge in [0, 0.05) is 24.4 Å². The number of thiophene rings is 1. The van der Waals surface area contributed by atoms with E-state index in [1.54, 1.807) is 0 Å². The number of aryl methyl sites for hydroxylation is 1. The molecule has 2 atom stereocenters. The maximum absolute atomic E-state index is 12.8. The van der Waals surface area contributed by atoms with Crippen LogP contribution >= 0.6 is 11.3 Å². The van der Waals surface area contributed by atoms with Crippen LogP contribution in [0.1, 0.15) is 67.8 Å². The molecule has 28 heavy (non-hydrogen) atoms. The van der Waals surface area contributed by atoms with E-state index in [1.165, 1.54) is 18.3 Å². The Balaban J connectivity index is 1.67. The van der Waals surface area contributed by atoms with Gasteiger partial charge in [0.15, 0.2) is 6.61 Å². The van der Waals surface area contributed by atoms with Crippen molar-refractivity contribution in [3.05, 3.63) is 16.0 Å². The fourth-order valence-corrected chi connectivity index (χ4v) is 6.25. The molecule has 0 unspecified atom stereocenters. The molecule has 2 aliphatic rings. The zero-order valence-corrected chi connectivity index (χ0v) is 18.4. The topological polar surface area (TPSA) is 75.7 Å². The first-order chi connectivity index (χ1) is 12.9. The lowest BCUT2D eigenvalue weighted by molar-refractivity contribution is -0.135. The van der Waals surface area contributed by atoms with Crippen LogP contribution in [0.25, 0.3) is 0 Å². The monoisotopic (exact) mass is 406 g/mol. The van der Waals surface area contributed by atoms with Crippen molar-refractivity contribution >= 4 is 34.1 Å². The molecule has 0 aromatic carbocycles. The van der Waals surface area contributed by atoms with Crippen LogP contribution in [0.2, 0.25) is 0 Å². The van der Waals surface area contributed by atoms with Crippen molar-refractivity contribution in [3.8, 4) is 0 Å². The maximum atomic E-state index is 12.8. The molecule has 1 saturated carbocycles. The first kappa shape index (κ1) is 20.8. The van der Waals surface area contributed by atoms with Crippen molar-refractivity contribution in [2.24, 2.45) is 10.8 Å². The number of rotatable bonds is 4. The number of fused-ring (bicyclic) bond motifs is 2. The van der Waals surface area contributed by atoms with Gasteiger partial charge < -0.3 is 15.0 Å². The lowest BCUT2D eigenvalue weighted by atomic mass is 9.65. The molecule has 0 radical (unpaired) electrons. The second kappa shape index (κ2) is 7.17. The lowest BCUT2D eigenvalue weighted by Gasteiger charge is -2.39. The van der Waals surface area contributed by atoms with Crippen LogP contribution in [0.15, 0.2) is 0 Å². The van der Waals surface area contributed by atoms with Crippen molar-refractivity contribution in [1.82, 2.24) is 4.90 Å². The summed E-state index contributed by atoms with van der Waals surface area (Å²) in [6.07, 6.45) is 3.11. The number of amides is 2. The summed E-state index contributed by atoms with van der Waals surface area (Å²) in [5.74, 6) is -0.940. The van der Waals surface area contributed by atoms with Gasteiger partial charge >= 0.3 is 5.97 Å². The van der Waals surface area contributed by atoms with E-state index < -0.39 is 5.97 Å². The van der Waals surface area contributed by atoms with Crippen LogP contribution < -0.4 is 5.32 Å². The number of carbonyl (C=O) groups is 3. The van der Waals surface area contributed by atoms with Gasteiger partial charge in [-0.25, -0.2) is 4.79 Å². The second-order valence-corrected chi connectivity index (χ2v) is 10.7. The Morgan fingerprint density at radius 2 is 1.89 bits per heavy atom. The van der Waals surface area contributed by atoms with Gasteiger partial charge in [-0.2, -0.15) is 0 Å². The average molecular weight is 407 g/mol. The molecule has 2 bridgehead atoms. The molecule has 2 fully saturated rings. The van der Waals surface area contributed by atoms with Crippen LogP contribution in [0.4, 0.5) is 5.00 Å². The van der Waals surface area contributed by atoms with E-state index in [-0.39, 0.29) is 35.3 Å². The molecule has 2 heterocycles. The van der Waals surface area contributed by atoms with Gasteiger partial charge in [-0.15, -0.1) is 11.3 Å². The van der Waals surface area contributed by atoms with E-state index in [4.69, 9.17) is 4.74 Å². The fraction of sp³-hybridized carbons (Fsp3) is 0.667. The predicted octanol–water partition coefficient (Wildman–Crippen LogP) is 3.91. The minimum absolute atomic E-state index is 0.134. The molecular weight excluding hydrogens is 376 g/mol. The molecule has 3 rings (SSSR count). The van der Waals surface area contributed by atoms with Gasteiger partial charge in [-0.1, -0.05) is 20.8 Å². The van der Waals surface area contributed by atoms with Crippen molar-refractivity contribution in [1.29, 1.82) is 0 Å². The molecule has 1 aliphatic heterocycles. The number of likely N-dealkylation sites (tertiary alicyclic amines) is 1. The Kier molecular flexibility index (Phi) is 5.34. The maximum Gasteiger partial charge on any atom is 0.341 e. The van der Waals surface area contributed by atoms with Gasteiger partial charge in [0.1, 0.15) is 5.00 Å². The normalized spacial score (nSPS) is 25.5. The zero-order valence-electron chi connectivity index (χ0n) is 17.6. The first-order valence-electron chi connectivity index (χ1n) is 9.75. The minimum Gasteiger partial charge on any atom is -0.452 e. The summed E-state index contributed by atoms with van der Waals surface area (Å²) in [7, 11) is 0. The third-order valence-corrected chi connectivity index (χ3v) is 7.06. The SMILES string of the molecule is CC(=O)Nc1sc(C)c(C)c1C(=O)OCC(=O)N1C[C@]2(C)C[C@H]1CC(C)(C)C2. The van der Waals surface area contributed by atoms with Crippen LogP contribution in [-0.2, 0) is 14.3 Å².